The number of alkyl carbamates (subject to hydrolysis) is 1. The van der Waals surface area contributed by atoms with E-state index in [1.807, 2.05) is 0 Å². The van der Waals surface area contributed by atoms with Gasteiger partial charge in [-0.05, 0) is 6.42 Å². The summed E-state index contributed by atoms with van der Waals surface area (Å²) in [7, 11) is 0. The lowest BCUT2D eigenvalue weighted by molar-refractivity contribution is -0.116. The van der Waals surface area contributed by atoms with Gasteiger partial charge in [0, 0.05) is 18.9 Å². The first-order chi connectivity index (χ1) is 7.63. The van der Waals surface area contributed by atoms with Gasteiger partial charge in [0.25, 0.3) is 0 Å². The second-order valence-corrected chi connectivity index (χ2v) is 3.31. The van der Waals surface area contributed by atoms with Crippen LogP contribution in [0.1, 0.15) is 19.3 Å². The molecule has 16 heavy (non-hydrogen) atoms. The fraction of sp³-hybridized carbons (Fsp3) is 0.364. The zero-order valence-corrected chi connectivity index (χ0v) is 8.82. The maximum absolute atomic E-state index is 11.5. The molecule has 0 fully saturated rings. The quantitative estimate of drug-likeness (QED) is 0.727. The molecule has 0 bridgehead atoms. The van der Waals surface area contributed by atoms with E-state index in [2.05, 4.69) is 16.6 Å². The van der Waals surface area contributed by atoms with Gasteiger partial charge in [0.1, 0.15) is 6.61 Å². The highest BCUT2D eigenvalue weighted by atomic mass is 16.5. The molecule has 0 saturated heterocycles. The molecule has 0 unspecified atom stereocenters. The molecule has 1 aliphatic rings. The number of ether oxygens (including phenoxy) is 1. The van der Waals surface area contributed by atoms with E-state index in [0.29, 0.717) is 12.8 Å². The van der Waals surface area contributed by atoms with Crippen molar-refractivity contribution in [3.8, 4) is 0 Å². The van der Waals surface area contributed by atoms with Gasteiger partial charge in [-0.25, -0.2) is 4.79 Å². The van der Waals surface area contributed by atoms with Crippen molar-refractivity contribution in [2.45, 2.75) is 19.3 Å². The molecule has 0 saturated carbocycles. The van der Waals surface area contributed by atoms with Crippen molar-refractivity contribution in [3.05, 3.63) is 24.4 Å². The summed E-state index contributed by atoms with van der Waals surface area (Å²) in [6.45, 7) is 3.44. The van der Waals surface area contributed by atoms with E-state index in [1.165, 1.54) is 6.08 Å². The fourth-order valence-corrected chi connectivity index (χ4v) is 1.26. The number of Topliss-reactive ketones (excluding diaryl/α,β-unsaturated/α-hetero) is 1. The van der Waals surface area contributed by atoms with E-state index in [0.717, 1.165) is 6.08 Å². The molecule has 0 aromatic rings. The first-order valence-corrected chi connectivity index (χ1v) is 4.96. The first kappa shape index (κ1) is 12.2. The number of nitrogens with one attached hydrogen (secondary N) is 1. The number of ketones is 2. The summed E-state index contributed by atoms with van der Waals surface area (Å²) in [4.78, 5) is 33.8. The molecule has 5 heteroatoms. The molecule has 1 N–H and O–H groups in total. The van der Waals surface area contributed by atoms with Crippen LogP contribution in [0.2, 0.25) is 0 Å². The highest BCUT2D eigenvalue weighted by molar-refractivity contribution is 6.05. The topological polar surface area (TPSA) is 72.5 Å². The van der Waals surface area contributed by atoms with Gasteiger partial charge < -0.3 is 4.74 Å². The Balaban J connectivity index is 2.62. The molecule has 0 spiro atoms. The predicted molar refractivity (Wildman–Crippen MR) is 56.6 cm³/mol. The molecule has 0 atom stereocenters. The lowest BCUT2D eigenvalue weighted by atomic mass is 10.2. The van der Waals surface area contributed by atoms with Crippen LogP contribution in [0.5, 0.6) is 0 Å². The Bertz CT molecular complexity index is 357. The second kappa shape index (κ2) is 5.85. The van der Waals surface area contributed by atoms with Crippen molar-refractivity contribution < 1.29 is 19.1 Å². The minimum atomic E-state index is -0.755. The number of carbonyl (C=O) groups is 3. The van der Waals surface area contributed by atoms with E-state index < -0.39 is 6.09 Å². The molecule has 1 rings (SSSR count). The van der Waals surface area contributed by atoms with E-state index >= 15 is 0 Å². The Kier molecular flexibility index (Phi) is 4.44. The molecule has 0 aromatic carbocycles. The van der Waals surface area contributed by atoms with Gasteiger partial charge in [-0.15, -0.1) is 0 Å². The summed E-state index contributed by atoms with van der Waals surface area (Å²) >= 11 is 0. The van der Waals surface area contributed by atoms with E-state index in [1.54, 1.807) is 0 Å². The van der Waals surface area contributed by atoms with E-state index in [4.69, 9.17) is 0 Å². The molecule has 0 heterocycles. The monoisotopic (exact) mass is 223 g/mol. The van der Waals surface area contributed by atoms with Gasteiger partial charge >= 0.3 is 6.09 Å². The number of rotatable bonds is 3. The minimum Gasteiger partial charge on any atom is -0.445 e. The number of hydrogen-bond donors (Lipinski definition) is 1. The van der Waals surface area contributed by atoms with Crippen LogP contribution in [0, 0.1) is 0 Å². The zero-order chi connectivity index (χ0) is 12.0. The van der Waals surface area contributed by atoms with Crippen LogP contribution in [0.4, 0.5) is 4.79 Å². The van der Waals surface area contributed by atoms with Gasteiger partial charge in [-0.2, -0.15) is 0 Å². The van der Waals surface area contributed by atoms with Crippen LogP contribution in [0.25, 0.3) is 0 Å². The highest BCUT2D eigenvalue weighted by Crippen LogP contribution is 2.10. The summed E-state index contributed by atoms with van der Waals surface area (Å²) in [6, 6.07) is 0. The van der Waals surface area contributed by atoms with Crippen molar-refractivity contribution in [2.24, 2.45) is 0 Å². The third-order valence-electron chi connectivity index (χ3n) is 2.00. The molecule has 0 radical (unpaired) electrons. The Hall–Kier alpha value is -1.91. The number of hydrogen-bond acceptors (Lipinski definition) is 4. The van der Waals surface area contributed by atoms with Crippen molar-refractivity contribution >= 4 is 17.7 Å². The molecule has 1 aliphatic carbocycles. The fourth-order valence-electron chi connectivity index (χ4n) is 1.26. The summed E-state index contributed by atoms with van der Waals surface area (Å²) in [5, 5.41) is 2.26. The van der Waals surface area contributed by atoms with Crippen LogP contribution in [0.3, 0.4) is 0 Å². The van der Waals surface area contributed by atoms with Crippen LogP contribution in [0.15, 0.2) is 24.4 Å². The standard InChI is InChI=1S/C11H13NO4/c1-2-6-16-11(15)12-9-7-8(13)4-3-5-10(9)14/h2,7H,1,3-6H2,(H,12,15). The third kappa shape index (κ3) is 3.68. The van der Waals surface area contributed by atoms with Crippen molar-refractivity contribution in [1.29, 1.82) is 0 Å². The Labute approximate surface area is 93.2 Å². The van der Waals surface area contributed by atoms with Gasteiger partial charge in [-0.3, -0.25) is 14.9 Å². The predicted octanol–water partition coefficient (Wildman–Crippen LogP) is 1.10. The summed E-state index contributed by atoms with van der Waals surface area (Å²) in [5.74, 6) is -0.411. The molecule has 0 aliphatic heterocycles. The van der Waals surface area contributed by atoms with Crippen LogP contribution in [-0.2, 0) is 14.3 Å². The van der Waals surface area contributed by atoms with Gasteiger partial charge in [0.15, 0.2) is 11.6 Å². The second-order valence-electron chi connectivity index (χ2n) is 3.31. The van der Waals surface area contributed by atoms with Crippen molar-refractivity contribution in [1.82, 2.24) is 5.32 Å². The normalized spacial score (nSPS) is 16.1. The van der Waals surface area contributed by atoms with Gasteiger partial charge in [-0.1, -0.05) is 12.7 Å². The van der Waals surface area contributed by atoms with E-state index in [9.17, 15) is 14.4 Å². The highest BCUT2D eigenvalue weighted by Gasteiger charge is 2.18. The average Bonchev–Trinajstić information content (AvgIpc) is 2.38. The Morgan fingerprint density at radius 1 is 1.50 bits per heavy atom. The largest absolute Gasteiger partial charge is 0.445 e. The van der Waals surface area contributed by atoms with Gasteiger partial charge in [0.05, 0.1) is 5.70 Å². The number of carbonyl (C=O) groups excluding carboxylic acids is 3. The molecule has 5 nitrogen and oxygen atoms in total. The molecule has 0 aromatic heterocycles. The average molecular weight is 223 g/mol. The number of amides is 1. The number of allylic oxidation sites excluding steroid dienone is 2. The molecular weight excluding hydrogens is 210 g/mol. The van der Waals surface area contributed by atoms with E-state index in [-0.39, 0.29) is 30.3 Å². The third-order valence-corrected chi connectivity index (χ3v) is 2.00. The van der Waals surface area contributed by atoms with Crippen molar-refractivity contribution in [3.63, 3.8) is 0 Å². The van der Waals surface area contributed by atoms with Crippen LogP contribution >= 0.6 is 0 Å². The smallest absolute Gasteiger partial charge is 0.412 e. The lowest BCUT2D eigenvalue weighted by Crippen LogP contribution is -2.28. The Morgan fingerprint density at radius 2 is 2.25 bits per heavy atom. The zero-order valence-electron chi connectivity index (χ0n) is 8.82. The van der Waals surface area contributed by atoms with Crippen LogP contribution in [-0.4, -0.2) is 24.3 Å². The maximum Gasteiger partial charge on any atom is 0.412 e. The summed E-state index contributed by atoms with van der Waals surface area (Å²) < 4.78 is 4.65. The summed E-state index contributed by atoms with van der Waals surface area (Å²) in [6.07, 6.45) is 2.92. The lowest BCUT2D eigenvalue weighted by Gasteiger charge is -2.06. The molecule has 1 amide bonds. The SMILES string of the molecule is C=CCOC(=O)NC1=CC(=O)CCCC1=O. The minimum absolute atomic E-state index is 0.0107. The Morgan fingerprint density at radius 3 is 2.94 bits per heavy atom. The van der Waals surface area contributed by atoms with Gasteiger partial charge in [0.2, 0.25) is 0 Å². The molecule has 86 valence electrons. The maximum atomic E-state index is 11.5. The van der Waals surface area contributed by atoms with Crippen molar-refractivity contribution in [2.75, 3.05) is 6.61 Å². The van der Waals surface area contributed by atoms with Crippen LogP contribution < -0.4 is 5.32 Å². The molecular formula is C11H13NO4. The summed E-state index contributed by atoms with van der Waals surface area (Å²) in [5.41, 5.74) is 0.0107. The first-order valence-electron chi connectivity index (χ1n) is 4.96.